The minimum Gasteiger partial charge on any atom is -0.480 e. The van der Waals surface area contributed by atoms with E-state index in [1.54, 1.807) is 0 Å². The molecule has 1 heterocycles. The second-order valence-electron chi connectivity index (χ2n) is 6.51. The minimum absolute atomic E-state index is 0.446. The molecular weight excluding hydrogens is 262 g/mol. The number of carboxylic acids is 1. The molecule has 1 aromatic carbocycles. The number of hydrogen-bond donors (Lipinski definition) is 1. The summed E-state index contributed by atoms with van der Waals surface area (Å²) in [5, 5.41) is 9.74. The molecule has 1 aliphatic heterocycles. The molecule has 0 amide bonds. The lowest BCUT2D eigenvalue weighted by Crippen LogP contribution is -2.47. The van der Waals surface area contributed by atoms with Crippen LogP contribution in [0.1, 0.15) is 56.2 Å². The van der Waals surface area contributed by atoms with E-state index in [1.807, 2.05) is 18.2 Å². The molecule has 1 N–H and O–H groups in total. The first kappa shape index (κ1) is 14.6. The normalized spacial score (nSPS) is 29.9. The third kappa shape index (κ3) is 2.84. The van der Waals surface area contributed by atoms with Gasteiger partial charge in [-0.05, 0) is 49.1 Å². The first-order valence-electron chi connectivity index (χ1n) is 8.27. The van der Waals surface area contributed by atoms with E-state index in [2.05, 4.69) is 17.9 Å². The monoisotopic (exact) mass is 287 g/mol. The van der Waals surface area contributed by atoms with Crippen molar-refractivity contribution >= 4 is 5.97 Å². The quantitative estimate of drug-likeness (QED) is 0.922. The lowest BCUT2D eigenvalue weighted by Gasteiger charge is -2.43. The van der Waals surface area contributed by atoms with Crippen LogP contribution in [-0.2, 0) is 11.2 Å². The SMILES string of the molecule is CCC1CCC(N2CCc3ccccc3C2C(=O)O)CC1. The Morgan fingerprint density at radius 3 is 2.62 bits per heavy atom. The van der Waals surface area contributed by atoms with E-state index in [9.17, 15) is 9.90 Å². The van der Waals surface area contributed by atoms with Gasteiger partial charge < -0.3 is 5.11 Å². The number of benzene rings is 1. The molecule has 0 spiro atoms. The van der Waals surface area contributed by atoms with Gasteiger partial charge in [-0.25, -0.2) is 0 Å². The fourth-order valence-electron chi connectivity index (χ4n) is 4.14. The molecular formula is C18H25NO2. The first-order chi connectivity index (χ1) is 10.2. The predicted molar refractivity (Wildman–Crippen MR) is 83.3 cm³/mol. The standard InChI is InChI=1S/C18H25NO2/c1-2-13-7-9-15(10-8-13)19-12-11-14-5-3-4-6-16(14)17(19)18(20)21/h3-6,13,15,17H,2,7-12H2,1H3,(H,20,21). The van der Waals surface area contributed by atoms with Crippen molar-refractivity contribution in [1.82, 2.24) is 4.90 Å². The van der Waals surface area contributed by atoms with Crippen LogP contribution in [0, 0.1) is 5.92 Å². The van der Waals surface area contributed by atoms with Crippen molar-refractivity contribution in [3.05, 3.63) is 35.4 Å². The van der Waals surface area contributed by atoms with Crippen molar-refractivity contribution in [2.24, 2.45) is 5.92 Å². The van der Waals surface area contributed by atoms with Gasteiger partial charge in [-0.1, -0.05) is 37.6 Å². The first-order valence-corrected chi connectivity index (χ1v) is 8.27. The summed E-state index contributed by atoms with van der Waals surface area (Å²) in [7, 11) is 0. The minimum atomic E-state index is -0.695. The third-order valence-electron chi connectivity index (χ3n) is 5.42. The maximum Gasteiger partial charge on any atom is 0.325 e. The second kappa shape index (κ2) is 6.18. The largest absolute Gasteiger partial charge is 0.480 e. The molecule has 1 fully saturated rings. The topological polar surface area (TPSA) is 40.5 Å². The summed E-state index contributed by atoms with van der Waals surface area (Å²) in [5.41, 5.74) is 2.22. The number of aliphatic carboxylic acids is 1. The summed E-state index contributed by atoms with van der Waals surface area (Å²) in [6.07, 6.45) is 7.07. The van der Waals surface area contributed by atoms with E-state index < -0.39 is 12.0 Å². The highest BCUT2D eigenvalue weighted by Gasteiger charge is 2.37. The van der Waals surface area contributed by atoms with Gasteiger partial charge >= 0.3 is 5.97 Å². The Morgan fingerprint density at radius 2 is 1.95 bits per heavy atom. The lowest BCUT2D eigenvalue weighted by molar-refractivity contribution is -0.145. The Labute approximate surface area is 127 Å². The molecule has 1 saturated carbocycles. The molecule has 1 aliphatic carbocycles. The molecule has 0 aromatic heterocycles. The highest BCUT2D eigenvalue weighted by atomic mass is 16.4. The molecule has 2 aliphatic rings. The van der Waals surface area contributed by atoms with Crippen molar-refractivity contribution in [3.63, 3.8) is 0 Å². The van der Waals surface area contributed by atoms with Gasteiger partial charge in [-0.15, -0.1) is 0 Å². The molecule has 3 heteroatoms. The maximum absolute atomic E-state index is 11.8. The lowest BCUT2D eigenvalue weighted by atomic mass is 9.81. The van der Waals surface area contributed by atoms with Gasteiger partial charge in [0.25, 0.3) is 0 Å². The number of nitrogens with zero attached hydrogens (tertiary/aromatic N) is 1. The van der Waals surface area contributed by atoms with E-state index in [0.717, 1.165) is 37.3 Å². The van der Waals surface area contributed by atoms with Crippen molar-refractivity contribution in [2.45, 2.75) is 57.5 Å². The zero-order valence-electron chi connectivity index (χ0n) is 12.8. The number of carbonyl (C=O) groups is 1. The van der Waals surface area contributed by atoms with E-state index in [0.29, 0.717) is 6.04 Å². The van der Waals surface area contributed by atoms with Crippen LogP contribution in [0.4, 0.5) is 0 Å². The third-order valence-corrected chi connectivity index (χ3v) is 5.42. The van der Waals surface area contributed by atoms with Crippen molar-refractivity contribution in [1.29, 1.82) is 0 Å². The van der Waals surface area contributed by atoms with Crippen molar-refractivity contribution < 1.29 is 9.90 Å². The Bertz CT molecular complexity index is 506. The Kier molecular flexibility index (Phi) is 4.29. The second-order valence-corrected chi connectivity index (χ2v) is 6.51. The van der Waals surface area contributed by atoms with Crippen LogP contribution in [0.2, 0.25) is 0 Å². The zero-order chi connectivity index (χ0) is 14.8. The van der Waals surface area contributed by atoms with Crippen molar-refractivity contribution in [3.8, 4) is 0 Å². The molecule has 1 atom stereocenters. The zero-order valence-corrected chi connectivity index (χ0v) is 12.8. The van der Waals surface area contributed by atoms with Gasteiger partial charge in [0.1, 0.15) is 6.04 Å². The summed E-state index contributed by atoms with van der Waals surface area (Å²) in [4.78, 5) is 14.1. The van der Waals surface area contributed by atoms with Crippen LogP contribution in [-0.4, -0.2) is 28.6 Å². The van der Waals surface area contributed by atoms with E-state index in [1.165, 1.54) is 24.8 Å². The number of hydrogen-bond acceptors (Lipinski definition) is 2. The molecule has 1 unspecified atom stereocenters. The highest BCUT2D eigenvalue weighted by molar-refractivity contribution is 5.76. The molecule has 0 bridgehead atoms. The van der Waals surface area contributed by atoms with E-state index in [4.69, 9.17) is 0 Å². The summed E-state index contributed by atoms with van der Waals surface area (Å²) >= 11 is 0. The molecule has 21 heavy (non-hydrogen) atoms. The van der Waals surface area contributed by atoms with Crippen LogP contribution < -0.4 is 0 Å². The van der Waals surface area contributed by atoms with Gasteiger partial charge in [-0.3, -0.25) is 9.69 Å². The molecule has 0 radical (unpaired) electrons. The van der Waals surface area contributed by atoms with Crippen LogP contribution in [0.5, 0.6) is 0 Å². The highest BCUT2D eigenvalue weighted by Crippen LogP contribution is 2.37. The molecule has 3 nitrogen and oxygen atoms in total. The van der Waals surface area contributed by atoms with E-state index in [-0.39, 0.29) is 0 Å². The van der Waals surface area contributed by atoms with E-state index >= 15 is 0 Å². The number of carboxylic acid groups (broad SMARTS) is 1. The number of rotatable bonds is 3. The van der Waals surface area contributed by atoms with Gasteiger partial charge in [0.05, 0.1) is 0 Å². The Balaban J connectivity index is 1.81. The van der Waals surface area contributed by atoms with Crippen LogP contribution in [0.15, 0.2) is 24.3 Å². The maximum atomic E-state index is 11.8. The summed E-state index contributed by atoms with van der Waals surface area (Å²) < 4.78 is 0. The Hall–Kier alpha value is -1.35. The van der Waals surface area contributed by atoms with Crippen LogP contribution in [0.25, 0.3) is 0 Å². The number of fused-ring (bicyclic) bond motifs is 1. The average Bonchev–Trinajstić information content (AvgIpc) is 2.53. The van der Waals surface area contributed by atoms with Gasteiger partial charge in [0, 0.05) is 12.6 Å². The predicted octanol–water partition coefficient (Wildman–Crippen LogP) is 3.64. The average molecular weight is 287 g/mol. The van der Waals surface area contributed by atoms with Crippen LogP contribution in [0.3, 0.4) is 0 Å². The molecule has 0 saturated heterocycles. The fraction of sp³-hybridized carbons (Fsp3) is 0.611. The molecule has 3 rings (SSSR count). The molecule has 114 valence electrons. The molecule has 1 aromatic rings. The summed E-state index contributed by atoms with van der Waals surface area (Å²) in [6, 6.07) is 8.06. The van der Waals surface area contributed by atoms with Gasteiger partial charge in [-0.2, -0.15) is 0 Å². The summed E-state index contributed by atoms with van der Waals surface area (Å²) in [6.45, 7) is 3.15. The fourth-order valence-corrected chi connectivity index (χ4v) is 4.14. The smallest absolute Gasteiger partial charge is 0.325 e. The Morgan fingerprint density at radius 1 is 1.24 bits per heavy atom. The van der Waals surface area contributed by atoms with Crippen LogP contribution >= 0.6 is 0 Å². The van der Waals surface area contributed by atoms with Gasteiger partial charge in [0.2, 0.25) is 0 Å². The van der Waals surface area contributed by atoms with Gasteiger partial charge in [0.15, 0.2) is 0 Å². The van der Waals surface area contributed by atoms with Crippen molar-refractivity contribution in [2.75, 3.05) is 6.54 Å². The summed E-state index contributed by atoms with van der Waals surface area (Å²) in [5.74, 6) is 0.154.